The predicted octanol–water partition coefficient (Wildman–Crippen LogP) is 4.66. The number of ether oxygens (including phenoxy) is 3. The Labute approximate surface area is 228 Å². The standard InChI is InChI=1S/C28H26F2N6O4/c1-16-26(39-3)22(8-9-31-16)33-27-24(38-2)14-32-28(34-27)25-18-6-4-5-7-23(18)36(35-25)15-19-20(29)12-17(13-21(19)30)40-11-10-37/h4-9,12-14,37H,10-11,15H2,1-3H3,(H,31,32,33,34). The predicted molar refractivity (Wildman–Crippen MR) is 144 cm³/mol. The van der Waals surface area contributed by atoms with Crippen LogP contribution in [0, 0.1) is 18.6 Å². The van der Waals surface area contributed by atoms with E-state index in [1.165, 1.54) is 18.0 Å². The molecule has 5 rings (SSSR count). The highest BCUT2D eigenvalue weighted by molar-refractivity contribution is 5.92. The van der Waals surface area contributed by atoms with E-state index in [2.05, 4.69) is 25.4 Å². The van der Waals surface area contributed by atoms with Gasteiger partial charge in [-0.3, -0.25) is 9.67 Å². The molecule has 3 heterocycles. The van der Waals surface area contributed by atoms with E-state index in [-0.39, 0.29) is 36.9 Å². The van der Waals surface area contributed by atoms with E-state index in [1.807, 2.05) is 25.1 Å². The van der Waals surface area contributed by atoms with Gasteiger partial charge < -0.3 is 24.6 Å². The highest BCUT2D eigenvalue weighted by Gasteiger charge is 2.20. The highest BCUT2D eigenvalue weighted by atomic mass is 19.1. The summed E-state index contributed by atoms with van der Waals surface area (Å²) in [6, 6.07) is 11.2. The van der Waals surface area contributed by atoms with Gasteiger partial charge in [0.1, 0.15) is 29.7 Å². The summed E-state index contributed by atoms with van der Waals surface area (Å²) in [5.74, 6) is -0.00704. The Morgan fingerprint density at radius 3 is 2.52 bits per heavy atom. The minimum atomic E-state index is -0.789. The third kappa shape index (κ3) is 5.21. The van der Waals surface area contributed by atoms with Gasteiger partial charge in [0, 0.05) is 29.3 Å². The van der Waals surface area contributed by atoms with Crippen molar-refractivity contribution < 1.29 is 28.1 Å². The van der Waals surface area contributed by atoms with Crippen molar-refractivity contribution in [3.05, 3.63) is 77.8 Å². The molecular weight excluding hydrogens is 522 g/mol. The van der Waals surface area contributed by atoms with Crippen molar-refractivity contribution in [3.8, 4) is 28.8 Å². The lowest BCUT2D eigenvalue weighted by molar-refractivity contribution is 0.200. The maximum absolute atomic E-state index is 14.9. The Morgan fingerprint density at radius 1 is 1.02 bits per heavy atom. The van der Waals surface area contributed by atoms with Crippen LogP contribution in [0.25, 0.3) is 22.4 Å². The Bertz CT molecular complexity index is 1650. The van der Waals surface area contributed by atoms with Crippen molar-refractivity contribution in [1.29, 1.82) is 0 Å². The number of anilines is 2. The molecular formula is C28H26F2N6O4. The van der Waals surface area contributed by atoms with E-state index in [1.54, 1.807) is 25.4 Å². The number of aliphatic hydroxyl groups excluding tert-OH is 1. The van der Waals surface area contributed by atoms with Gasteiger partial charge >= 0.3 is 0 Å². The van der Waals surface area contributed by atoms with Gasteiger partial charge in [-0.1, -0.05) is 18.2 Å². The third-order valence-electron chi connectivity index (χ3n) is 6.17. The Balaban J connectivity index is 1.55. The van der Waals surface area contributed by atoms with Crippen molar-refractivity contribution in [2.24, 2.45) is 0 Å². The van der Waals surface area contributed by atoms with Gasteiger partial charge in [0.2, 0.25) is 0 Å². The van der Waals surface area contributed by atoms with Gasteiger partial charge in [-0.05, 0) is 19.1 Å². The van der Waals surface area contributed by atoms with Crippen molar-refractivity contribution in [2.75, 3.05) is 32.8 Å². The number of aryl methyl sites for hydroxylation is 1. The van der Waals surface area contributed by atoms with Crippen LogP contribution in [-0.2, 0) is 6.54 Å². The molecule has 0 aliphatic rings. The smallest absolute Gasteiger partial charge is 0.183 e. The van der Waals surface area contributed by atoms with Gasteiger partial charge in [0.15, 0.2) is 23.1 Å². The molecule has 0 bridgehead atoms. The van der Waals surface area contributed by atoms with E-state index in [9.17, 15) is 8.78 Å². The normalized spacial score (nSPS) is 11.1. The van der Waals surface area contributed by atoms with Crippen LogP contribution in [-0.4, -0.2) is 57.3 Å². The molecule has 40 heavy (non-hydrogen) atoms. The third-order valence-corrected chi connectivity index (χ3v) is 6.17. The number of nitrogens with zero attached hydrogens (tertiary/aromatic N) is 5. The molecule has 0 unspecified atom stereocenters. The van der Waals surface area contributed by atoms with Crippen LogP contribution in [0.3, 0.4) is 0 Å². The van der Waals surface area contributed by atoms with Crippen LogP contribution < -0.4 is 19.5 Å². The molecule has 0 spiro atoms. The molecule has 10 nitrogen and oxygen atoms in total. The number of para-hydroxylation sites is 1. The van der Waals surface area contributed by atoms with Crippen LogP contribution in [0.2, 0.25) is 0 Å². The summed E-state index contributed by atoms with van der Waals surface area (Å²) < 4.78 is 47.4. The SMILES string of the molecule is COc1cnc(-c2nn(Cc3c(F)cc(OCCO)cc3F)c3ccccc23)nc1Nc1ccnc(C)c1OC. The number of benzene rings is 2. The number of rotatable bonds is 10. The fourth-order valence-electron chi connectivity index (χ4n) is 4.30. The van der Waals surface area contributed by atoms with Crippen LogP contribution in [0.1, 0.15) is 11.3 Å². The molecule has 0 saturated heterocycles. The zero-order valence-corrected chi connectivity index (χ0v) is 22.0. The van der Waals surface area contributed by atoms with Crippen molar-refractivity contribution >= 4 is 22.4 Å². The first-order valence-electron chi connectivity index (χ1n) is 12.3. The quantitative estimate of drug-likeness (QED) is 0.257. The van der Waals surface area contributed by atoms with E-state index in [0.717, 1.165) is 12.1 Å². The zero-order chi connectivity index (χ0) is 28.2. The molecule has 0 atom stereocenters. The molecule has 206 valence electrons. The van der Waals surface area contributed by atoms with Crippen molar-refractivity contribution in [3.63, 3.8) is 0 Å². The van der Waals surface area contributed by atoms with Gasteiger partial charge in [0.05, 0.1) is 50.5 Å². The second kappa shape index (κ2) is 11.5. The first-order chi connectivity index (χ1) is 19.4. The Hall–Kier alpha value is -4.84. The minimum absolute atomic E-state index is 0.00787. The monoisotopic (exact) mass is 548 g/mol. The summed E-state index contributed by atoms with van der Waals surface area (Å²) in [6.45, 7) is 1.30. The number of hydrogen-bond acceptors (Lipinski definition) is 9. The average molecular weight is 549 g/mol. The molecule has 0 fully saturated rings. The second-order valence-electron chi connectivity index (χ2n) is 8.67. The first-order valence-corrected chi connectivity index (χ1v) is 12.3. The lowest BCUT2D eigenvalue weighted by Crippen LogP contribution is -2.08. The molecule has 2 N–H and O–H groups in total. The molecule has 3 aromatic heterocycles. The number of aromatic nitrogens is 5. The van der Waals surface area contributed by atoms with E-state index < -0.39 is 11.6 Å². The summed E-state index contributed by atoms with van der Waals surface area (Å²) in [4.78, 5) is 13.4. The number of nitrogens with one attached hydrogen (secondary N) is 1. The first kappa shape index (κ1) is 26.8. The number of pyridine rings is 1. The van der Waals surface area contributed by atoms with Gasteiger partial charge in [-0.2, -0.15) is 5.10 Å². The van der Waals surface area contributed by atoms with Crippen LogP contribution in [0.5, 0.6) is 17.2 Å². The summed E-state index contributed by atoms with van der Waals surface area (Å²) in [5, 5.41) is 17.5. The fourth-order valence-corrected chi connectivity index (χ4v) is 4.30. The maximum Gasteiger partial charge on any atom is 0.183 e. The van der Waals surface area contributed by atoms with Gasteiger partial charge in [-0.25, -0.2) is 18.7 Å². The largest absolute Gasteiger partial charge is 0.493 e. The molecule has 0 saturated carbocycles. The number of aliphatic hydroxyl groups is 1. The van der Waals surface area contributed by atoms with Crippen LogP contribution >= 0.6 is 0 Å². The lowest BCUT2D eigenvalue weighted by atomic mass is 10.1. The average Bonchev–Trinajstić information content (AvgIpc) is 3.32. The number of halogens is 2. The maximum atomic E-state index is 14.9. The molecule has 2 aromatic carbocycles. The minimum Gasteiger partial charge on any atom is -0.493 e. The molecule has 0 amide bonds. The molecule has 12 heteroatoms. The zero-order valence-electron chi connectivity index (χ0n) is 22.0. The summed E-state index contributed by atoms with van der Waals surface area (Å²) in [5.41, 5.74) is 2.19. The molecule has 0 radical (unpaired) electrons. The van der Waals surface area contributed by atoms with Gasteiger partial charge in [0.25, 0.3) is 0 Å². The fraction of sp³-hybridized carbons (Fsp3) is 0.214. The lowest BCUT2D eigenvalue weighted by Gasteiger charge is -2.14. The highest BCUT2D eigenvalue weighted by Crippen LogP contribution is 2.34. The second-order valence-corrected chi connectivity index (χ2v) is 8.67. The topological polar surface area (TPSA) is 116 Å². The number of methoxy groups -OCH3 is 2. The van der Waals surface area contributed by atoms with E-state index >= 15 is 0 Å². The summed E-state index contributed by atoms with van der Waals surface area (Å²) in [7, 11) is 3.06. The summed E-state index contributed by atoms with van der Waals surface area (Å²) in [6.07, 6.45) is 3.16. The van der Waals surface area contributed by atoms with Crippen molar-refractivity contribution in [1.82, 2.24) is 24.7 Å². The Morgan fingerprint density at radius 2 is 1.80 bits per heavy atom. The Kier molecular flexibility index (Phi) is 7.69. The van der Waals surface area contributed by atoms with Crippen LogP contribution in [0.4, 0.5) is 20.3 Å². The van der Waals surface area contributed by atoms with E-state index in [4.69, 9.17) is 19.3 Å². The van der Waals surface area contributed by atoms with Gasteiger partial charge in [-0.15, -0.1) is 0 Å². The van der Waals surface area contributed by atoms with E-state index in [0.29, 0.717) is 45.3 Å². The molecule has 0 aliphatic carbocycles. The number of hydrogen-bond donors (Lipinski definition) is 2. The summed E-state index contributed by atoms with van der Waals surface area (Å²) >= 11 is 0. The van der Waals surface area contributed by atoms with Crippen molar-refractivity contribution in [2.45, 2.75) is 13.5 Å². The molecule has 0 aliphatic heterocycles. The number of fused-ring (bicyclic) bond motifs is 1. The van der Waals surface area contributed by atoms with Crippen LogP contribution in [0.15, 0.2) is 54.9 Å². The molecule has 5 aromatic rings.